The van der Waals surface area contributed by atoms with Gasteiger partial charge in [-0.2, -0.15) is 0 Å². The Hall–Kier alpha value is -2.05. The first-order valence-corrected chi connectivity index (χ1v) is 8.47. The topological polar surface area (TPSA) is 96.1 Å². The van der Waals surface area contributed by atoms with Crippen LogP contribution in [0.1, 0.15) is 58.0 Å². The molecular weight excluding hydrogens is 308 g/mol. The van der Waals surface area contributed by atoms with Gasteiger partial charge in [-0.05, 0) is 24.7 Å². The van der Waals surface area contributed by atoms with Crippen LogP contribution in [0, 0.1) is 5.92 Å². The number of methoxy groups -OCH3 is 1. The second kappa shape index (κ2) is 7.23. The molecule has 1 aromatic rings. The first-order chi connectivity index (χ1) is 11.3. The Morgan fingerprint density at radius 1 is 1.33 bits per heavy atom. The average molecular weight is 336 g/mol. The molecular formula is C17H28N4O3. The number of hydrogen-bond donors (Lipinski definition) is 3. The zero-order chi connectivity index (χ0) is 17.9. The number of aromatic amines is 1. The van der Waals surface area contributed by atoms with Crippen molar-refractivity contribution in [3.8, 4) is 0 Å². The van der Waals surface area contributed by atoms with Crippen LogP contribution in [0.15, 0.2) is 6.20 Å². The van der Waals surface area contributed by atoms with Crippen molar-refractivity contribution in [1.82, 2.24) is 20.6 Å². The summed E-state index contributed by atoms with van der Waals surface area (Å²) < 4.78 is 4.60. The van der Waals surface area contributed by atoms with Gasteiger partial charge in [0.2, 0.25) is 5.91 Å². The van der Waals surface area contributed by atoms with Crippen LogP contribution in [-0.4, -0.2) is 40.7 Å². The summed E-state index contributed by atoms with van der Waals surface area (Å²) in [4.78, 5) is 31.8. The molecule has 7 nitrogen and oxygen atoms in total. The van der Waals surface area contributed by atoms with Gasteiger partial charge in [0.05, 0.1) is 12.8 Å². The van der Waals surface area contributed by atoms with E-state index < -0.39 is 12.1 Å². The summed E-state index contributed by atoms with van der Waals surface area (Å²) in [6.45, 7) is 7.98. The summed E-state index contributed by atoms with van der Waals surface area (Å²) in [6, 6.07) is -0.613. The van der Waals surface area contributed by atoms with Gasteiger partial charge in [-0.15, -0.1) is 0 Å². The van der Waals surface area contributed by atoms with Crippen LogP contribution >= 0.6 is 0 Å². The van der Waals surface area contributed by atoms with E-state index in [9.17, 15) is 9.59 Å². The molecule has 1 aliphatic rings. The number of amides is 2. The highest BCUT2D eigenvalue weighted by Crippen LogP contribution is 2.38. The lowest BCUT2D eigenvalue weighted by molar-refractivity contribution is -0.125. The van der Waals surface area contributed by atoms with E-state index >= 15 is 0 Å². The fraction of sp³-hybridized carbons (Fsp3) is 0.706. The minimum Gasteiger partial charge on any atom is -0.453 e. The summed E-state index contributed by atoms with van der Waals surface area (Å²) in [6.07, 6.45) is 3.84. The smallest absolute Gasteiger partial charge is 0.407 e. The maximum absolute atomic E-state index is 12.6. The van der Waals surface area contributed by atoms with Crippen molar-refractivity contribution in [3.63, 3.8) is 0 Å². The molecule has 1 fully saturated rings. The van der Waals surface area contributed by atoms with Crippen molar-refractivity contribution < 1.29 is 14.3 Å². The number of rotatable bonds is 7. The predicted octanol–water partition coefficient (Wildman–Crippen LogP) is 2.10. The third kappa shape index (κ3) is 4.49. The van der Waals surface area contributed by atoms with Crippen LogP contribution in [0.5, 0.6) is 0 Å². The van der Waals surface area contributed by atoms with Crippen molar-refractivity contribution in [2.75, 3.05) is 7.11 Å². The Balaban J connectivity index is 1.99. The van der Waals surface area contributed by atoms with Crippen molar-refractivity contribution in [2.45, 2.75) is 64.5 Å². The minimum atomic E-state index is -0.613. The second-order valence-electron chi connectivity index (χ2n) is 7.23. The van der Waals surface area contributed by atoms with Gasteiger partial charge in [0.15, 0.2) is 0 Å². The van der Waals surface area contributed by atoms with E-state index in [4.69, 9.17) is 0 Å². The van der Waals surface area contributed by atoms with E-state index in [2.05, 4.69) is 39.2 Å². The highest BCUT2D eigenvalue weighted by Gasteiger charge is 2.46. The molecule has 2 amide bonds. The lowest BCUT2D eigenvalue weighted by atomic mass is 10.0. The fourth-order valence-electron chi connectivity index (χ4n) is 2.64. The highest BCUT2D eigenvalue weighted by molar-refractivity contribution is 5.86. The predicted molar refractivity (Wildman–Crippen MR) is 90.7 cm³/mol. The number of nitrogens with one attached hydrogen (secondary N) is 3. The quantitative estimate of drug-likeness (QED) is 0.710. The minimum absolute atomic E-state index is 0.0314. The van der Waals surface area contributed by atoms with E-state index in [1.54, 1.807) is 0 Å². The van der Waals surface area contributed by atoms with Crippen LogP contribution in [0.3, 0.4) is 0 Å². The lowest BCUT2D eigenvalue weighted by Gasteiger charge is -2.24. The number of H-pyrrole nitrogens is 1. The Morgan fingerprint density at radius 3 is 2.46 bits per heavy atom. The molecule has 3 N–H and O–H groups in total. The van der Waals surface area contributed by atoms with E-state index in [1.807, 2.05) is 20.0 Å². The molecule has 1 aliphatic carbocycles. The Bertz CT molecular complexity index is 590. The van der Waals surface area contributed by atoms with Crippen LogP contribution < -0.4 is 10.6 Å². The number of carbonyl (C=O) groups is 2. The van der Waals surface area contributed by atoms with Crippen LogP contribution in [-0.2, 0) is 16.0 Å². The number of imidazole rings is 1. The number of carbonyl (C=O) groups excluding carboxylic acids is 2. The molecule has 1 atom stereocenters. The zero-order valence-electron chi connectivity index (χ0n) is 15.1. The summed E-state index contributed by atoms with van der Waals surface area (Å²) in [5, 5.41) is 5.70. The monoisotopic (exact) mass is 336 g/mol. The molecule has 1 saturated carbocycles. The molecule has 2 rings (SSSR count). The van der Waals surface area contributed by atoms with Gasteiger partial charge < -0.3 is 20.4 Å². The van der Waals surface area contributed by atoms with Crippen LogP contribution in [0.4, 0.5) is 4.79 Å². The molecule has 0 aliphatic heterocycles. The molecule has 7 heteroatoms. The number of hydrogen-bond acceptors (Lipinski definition) is 4. The third-order valence-corrected chi connectivity index (χ3v) is 4.40. The maximum atomic E-state index is 12.6. The van der Waals surface area contributed by atoms with Gasteiger partial charge in [-0.25, -0.2) is 9.78 Å². The van der Waals surface area contributed by atoms with Gasteiger partial charge in [-0.3, -0.25) is 4.79 Å². The van der Waals surface area contributed by atoms with Gasteiger partial charge in [0.1, 0.15) is 11.9 Å². The number of nitrogens with zero attached hydrogens (tertiary/aromatic N) is 1. The van der Waals surface area contributed by atoms with Gasteiger partial charge in [0, 0.05) is 18.2 Å². The molecule has 24 heavy (non-hydrogen) atoms. The summed E-state index contributed by atoms with van der Waals surface area (Å²) >= 11 is 0. The number of ether oxygens (including phenoxy) is 1. The Labute approximate surface area is 142 Å². The molecule has 0 spiro atoms. The van der Waals surface area contributed by atoms with Crippen molar-refractivity contribution >= 4 is 12.0 Å². The highest BCUT2D eigenvalue weighted by atomic mass is 16.5. The van der Waals surface area contributed by atoms with Gasteiger partial charge in [0.25, 0.3) is 0 Å². The normalized spacial score (nSPS) is 16.8. The van der Waals surface area contributed by atoms with Crippen LogP contribution in [0.2, 0.25) is 0 Å². The fourth-order valence-corrected chi connectivity index (χ4v) is 2.64. The summed E-state index contributed by atoms with van der Waals surface area (Å²) in [5.41, 5.74) is 0.772. The molecule has 1 heterocycles. The molecule has 0 aromatic carbocycles. The summed E-state index contributed by atoms with van der Waals surface area (Å²) in [7, 11) is 1.29. The largest absolute Gasteiger partial charge is 0.453 e. The van der Waals surface area contributed by atoms with Gasteiger partial charge in [-0.1, -0.05) is 27.7 Å². The second-order valence-corrected chi connectivity index (χ2v) is 7.23. The molecule has 1 aromatic heterocycles. The Kier molecular flexibility index (Phi) is 5.51. The molecule has 134 valence electrons. The maximum Gasteiger partial charge on any atom is 0.407 e. The first-order valence-electron chi connectivity index (χ1n) is 8.47. The zero-order valence-corrected chi connectivity index (χ0v) is 15.1. The van der Waals surface area contributed by atoms with Crippen molar-refractivity contribution in [1.29, 1.82) is 0 Å². The van der Waals surface area contributed by atoms with E-state index in [-0.39, 0.29) is 17.4 Å². The molecule has 0 bridgehead atoms. The Morgan fingerprint density at radius 2 is 2.00 bits per heavy atom. The molecule has 0 saturated heterocycles. The average Bonchev–Trinajstić information content (AvgIpc) is 3.08. The molecule has 0 radical (unpaired) electrons. The van der Waals surface area contributed by atoms with Gasteiger partial charge >= 0.3 is 6.09 Å². The van der Waals surface area contributed by atoms with Crippen molar-refractivity contribution in [3.05, 3.63) is 17.7 Å². The summed E-state index contributed by atoms with van der Waals surface area (Å²) in [5.74, 6) is 1.05. The van der Waals surface area contributed by atoms with E-state index in [1.165, 1.54) is 7.11 Å². The van der Waals surface area contributed by atoms with Crippen molar-refractivity contribution in [2.24, 2.45) is 5.92 Å². The first kappa shape index (κ1) is 18.3. The van der Waals surface area contributed by atoms with E-state index in [0.717, 1.165) is 24.4 Å². The SMILES string of the molecule is COC(=O)N[C@H](C(=O)NC1(Cc2nc(C(C)C)c[nH]2)CC1)C(C)C. The van der Waals surface area contributed by atoms with Crippen LogP contribution in [0.25, 0.3) is 0 Å². The standard InChI is InChI=1S/C17H28N4O3/c1-10(2)12-9-18-13(19-12)8-17(6-7-17)21-15(22)14(11(3)4)20-16(23)24-5/h9-11,14H,6-8H2,1-5H3,(H,18,19)(H,20,23)(H,21,22)/t14-/m0/s1. The number of alkyl carbamates (subject to hydrolysis) is 1. The molecule has 0 unspecified atom stereocenters. The van der Waals surface area contributed by atoms with E-state index in [0.29, 0.717) is 12.3 Å². The lowest BCUT2D eigenvalue weighted by Crippen LogP contribution is -2.53. The number of aromatic nitrogens is 2. The third-order valence-electron chi connectivity index (χ3n) is 4.40.